The van der Waals surface area contributed by atoms with Crippen molar-refractivity contribution in [2.75, 3.05) is 0 Å². The first-order chi connectivity index (χ1) is 3.00. The van der Waals surface area contributed by atoms with Gasteiger partial charge < -0.3 is 21.4 Å². The van der Waals surface area contributed by atoms with Crippen molar-refractivity contribution in [2.45, 2.75) is 0 Å². The van der Waals surface area contributed by atoms with Gasteiger partial charge >= 0.3 is 0 Å². The van der Waals surface area contributed by atoms with Crippen LogP contribution in [0.15, 0.2) is 0 Å². The summed E-state index contributed by atoms with van der Waals surface area (Å²) in [4.78, 5) is 0. The molecule has 62 valence electrons. The van der Waals surface area contributed by atoms with Gasteiger partial charge in [-0.2, -0.15) is 0 Å². The fourth-order valence-electron chi connectivity index (χ4n) is 0. The van der Waals surface area contributed by atoms with Crippen LogP contribution in [0.25, 0.3) is 0 Å². The summed E-state index contributed by atoms with van der Waals surface area (Å²) in [5.74, 6) is 2.25. The first-order valence-electron chi connectivity index (χ1n) is 0.983. The quantitative estimate of drug-likeness (QED) is 0.183. The van der Waals surface area contributed by atoms with E-state index in [2.05, 4.69) is 5.90 Å². The smallest absolute Gasteiger partial charge is 0.0311 e. The van der Waals surface area contributed by atoms with Crippen LogP contribution in [0.1, 0.15) is 0 Å². The summed E-state index contributed by atoms with van der Waals surface area (Å²) in [5, 5.41) is 6.75. The van der Waals surface area contributed by atoms with Gasteiger partial charge in [0.15, 0.2) is 0 Å². The predicted octanol–water partition coefficient (Wildman–Crippen LogP) is -1.97. The Morgan fingerprint density at radius 3 is 1.11 bits per heavy atom. The van der Waals surface area contributed by atoms with Gasteiger partial charge in [-0.15, -0.1) is 0 Å². The van der Waals surface area contributed by atoms with E-state index in [1.807, 2.05) is 0 Å². The zero-order chi connectivity index (χ0) is 6.50. The molecule has 0 saturated heterocycles. The lowest BCUT2D eigenvalue weighted by atomic mass is 13.6. The highest BCUT2D eigenvalue weighted by atomic mass is 32.3. The highest BCUT2D eigenvalue weighted by Crippen LogP contribution is 1.57. The molecular formula is H12N3O5S+. The van der Waals surface area contributed by atoms with Gasteiger partial charge in [-0.05, 0) is 0 Å². The molecule has 0 heterocycles. The van der Waals surface area contributed by atoms with Gasteiger partial charge in [0.25, 0.3) is 0 Å². The standard InChI is InChI=1S/H4NO.2H3N.H2O4S/c1-2;;;1-5(2,3)4/h2H,1H3;2*1H3;(H2,1,2,3,4)/q+1;;;. The molecule has 0 fully saturated rings. The average Bonchev–Trinajstić information content (AvgIpc) is 1.36. The van der Waals surface area contributed by atoms with Gasteiger partial charge in [0, 0.05) is 10.4 Å². The molecule has 9 heteroatoms. The van der Waals surface area contributed by atoms with E-state index in [0.29, 0.717) is 0 Å². The van der Waals surface area contributed by atoms with E-state index in [0.717, 1.165) is 0 Å². The van der Waals surface area contributed by atoms with Crippen molar-refractivity contribution in [1.29, 1.82) is 0 Å². The molecule has 0 unspecified atom stereocenters. The number of hydrogen-bond acceptors (Lipinski definition) is 5. The van der Waals surface area contributed by atoms with E-state index in [1.165, 1.54) is 0 Å². The molecule has 0 atom stereocenters. The third-order valence-electron chi connectivity index (χ3n) is 0. The molecule has 0 rings (SSSR count). The van der Waals surface area contributed by atoms with Crippen LogP contribution < -0.4 is 18.2 Å². The zero-order valence-electron chi connectivity index (χ0n) is 5.20. The van der Waals surface area contributed by atoms with E-state index in [1.54, 1.807) is 0 Å². The molecule has 8 nitrogen and oxygen atoms in total. The van der Waals surface area contributed by atoms with Crippen LogP contribution in [0.3, 0.4) is 0 Å². The molecule has 0 radical (unpaired) electrons. The molecular weight excluding hydrogens is 154 g/mol. The van der Waals surface area contributed by atoms with Crippen molar-refractivity contribution in [1.82, 2.24) is 12.3 Å². The van der Waals surface area contributed by atoms with Crippen molar-refractivity contribution >= 4 is 10.4 Å². The molecule has 0 aromatic rings. The Balaban J connectivity index is -0.0000000286. The van der Waals surface area contributed by atoms with Gasteiger partial charge in [-0.1, -0.05) is 0 Å². The van der Waals surface area contributed by atoms with Gasteiger partial charge in [0.2, 0.25) is 0 Å². The topological polar surface area (TPSA) is 201 Å². The first-order valence-corrected chi connectivity index (χ1v) is 2.32. The Bertz CT molecular complexity index is 95.4. The molecule has 0 amide bonds. The van der Waals surface area contributed by atoms with E-state index in [-0.39, 0.29) is 12.3 Å². The Hall–Kier alpha value is -0.290. The van der Waals surface area contributed by atoms with Crippen molar-refractivity contribution < 1.29 is 28.6 Å². The van der Waals surface area contributed by atoms with Crippen LogP contribution in [-0.2, 0) is 10.4 Å². The molecule has 0 aromatic heterocycles. The van der Waals surface area contributed by atoms with Crippen molar-refractivity contribution in [3.63, 3.8) is 0 Å². The fraction of sp³-hybridized carbons (Fsp3) is 0. The van der Waals surface area contributed by atoms with Crippen molar-refractivity contribution in [2.24, 2.45) is 0 Å². The molecule has 12 N–H and O–H groups in total. The third kappa shape index (κ3) is 2990. The summed E-state index contributed by atoms with van der Waals surface area (Å²) in [5.41, 5.74) is 0. The lowest BCUT2D eigenvalue weighted by Gasteiger charge is -2.06. The molecule has 0 bridgehead atoms. The number of rotatable bonds is 0. The van der Waals surface area contributed by atoms with Crippen molar-refractivity contribution in [3.8, 4) is 0 Å². The van der Waals surface area contributed by atoms with E-state index >= 15 is 0 Å². The van der Waals surface area contributed by atoms with E-state index in [4.69, 9.17) is 22.7 Å². The second kappa shape index (κ2) is 10.6. The fourth-order valence-corrected chi connectivity index (χ4v) is 0. The SMILES string of the molecule is O=S(=O)([O-])[O-].[NH3+]O.[NH4+].[NH4+]. The molecule has 0 aliphatic rings. The second-order valence-electron chi connectivity index (χ2n) is 0.408. The Morgan fingerprint density at radius 2 is 1.11 bits per heavy atom. The second-order valence-corrected chi connectivity index (χ2v) is 1.22. The summed E-state index contributed by atoms with van der Waals surface area (Å²) >= 11 is 0. The maximum absolute atomic E-state index is 8.52. The lowest BCUT2D eigenvalue weighted by Crippen LogP contribution is -2.42. The molecule has 0 spiro atoms. The number of hydrogen-bond donors (Lipinski definition) is 4. The average molecular weight is 166 g/mol. The first kappa shape index (κ1) is 23.3. The summed E-state index contributed by atoms with van der Waals surface area (Å²) in [6, 6.07) is 0. The largest absolute Gasteiger partial charge is 0.759 e. The maximum atomic E-state index is 8.52. The van der Waals surface area contributed by atoms with E-state index in [9.17, 15) is 0 Å². The lowest BCUT2D eigenvalue weighted by molar-refractivity contribution is -0.670. The monoisotopic (exact) mass is 166 g/mol. The van der Waals surface area contributed by atoms with Gasteiger partial charge in [-0.25, -0.2) is 11.1 Å². The van der Waals surface area contributed by atoms with Crippen LogP contribution in [-0.4, -0.2) is 22.7 Å². The number of quaternary nitrogens is 3. The predicted molar refractivity (Wildman–Crippen MR) is 27.1 cm³/mol. The summed E-state index contributed by atoms with van der Waals surface area (Å²) in [6.07, 6.45) is 0. The highest BCUT2D eigenvalue weighted by Gasteiger charge is 1.49. The molecule has 9 heavy (non-hydrogen) atoms. The van der Waals surface area contributed by atoms with Gasteiger partial charge in [0.1, 0.15) is 0 Å². The van der Waals surface area contributed by atoms with Crippen LogP contribution in [0.5, 0.6) is 0 Å². The van der Waals surface area contributed by atoms with Crippen molar-refractivity contribution in [3.05, 3.63) is 0 Å². The van der Waals surface area contributed by atoms with Gasteiger partial charge in [0.05, 0.1) is 0 Å². The van der Waals surface area contributed by atoms with Crippen LogP contribution in [0, 0.1) is 0 Å². The minimum Gasteiger partial charge on any atom is -0.759 e. The zero-order valence-corrected chi connectivity index (χ0v) is 6.01. The summed E-state index contributed by atoms with van der Waals surface area (Å²) in [6.45, 7) is 0. The Morgan fingerprint density at radius 1 is 1.11 bits per heavy atom. The molecule has 0 aromatic carbocycles. The van der Waals surface area contributed by atoms with Crippen LogP contribution in [0.4, 0.5) is 0 Å². The van der Waals surface area contributed by atoms with Crippen LogP contribution >= 0.6 is 0 Å². The molecule has 0 aliphatic carbocycles. The Kier molecular flexibility index (Phi) is 27.6. The molecule has 0 aliphatic heterocycles. The highest BCUT2D eigenvalue weighted by molar-refractivity contribution is 7.79. The molecule has 0 saturated carbocycles. The van der Waals surface area contributed by atoms with Crippen LogP contribution in [0.2, 0.25) is 0 Å². The normalized spacial score (nSPS) is 7.11. The minimum atomic E-state index is -5.17. The summed E-state index contributed by atoms with van der Waals surface area (Å²) in [7, 11) is -5.17. The Labute approximate surface area is 52.4 Å². The maximum Gasteiger partial charge on any atom is 0.0311 e. The third-order valence-corrected chi connectivity index (χ3v) is 0. The minimum absolute atomic E-state index is 0. The van der Waals surface area contributed by atoms with E-state index < -0.39 is 10.4 Å². The van der Waals surface area contributed by atoms with Gasteiger partial charge in [-0.3, -0.25) is 8.42 Å². The summed E-state index contributed by atoms with van der Waals surface area (Å²) < 4.78 is 34.1.